The van der Waals surface area contributed by atoms with Gasteiger partial charge in [0.05, 0.1) is 0 Å². The molecule has 6 nitrogen and oxygen atoms in total. The van der Waals surface area contributed by atoms with Gasteiger partial charge in [-0.25, -0.2) is 4.99 Å². The molecule has 1 saturated heterocycles. The Morgan fingerprint density at radius 3 is 2.57 bits per heavy atom. The first kappa shape index (κ1) is 19.8. The first-order chi connectivity index (χ1) is 10.5. The van der Waals surface area contributed by atoms with E-state index in [1.54, 1.807) is 12.1 Å². The first-order valence-electron chi connectivity index (χ1n) is 7.91. The van der Waals surface area contributed by atoms with Crippen LogP contribution in [0.25, 0.3) is 0 Å². The van der Waals surface area contributed by atoms with Crippen LogP contribution in [0.3, 0.4) is 0 Å². The van der Waals surface area contributed by atoms with Crippen LogP contribution in [0.4, 0.5) is 0 Å². The number of furan rings is 1. The average Bonchev–Trinajstić information content (AvgIpc) is 2.91. The number of hydrogen-bond donors (Lipinski definition) is 2. The number of nitrogens with zero attached hydrogens (tertiary/aromatic N) is 2. The zero-order valence-corrected chi connectivity index (χ0v) is 16.4. The zero-order chi connectivity index (χ0) is 16.1. The number of piperidine rings is 1. The number of primary amides is 1. The summed E-state index contributed by atoms with van der Waals surface area (Å²) in [6.45, 7) is 9.86. The number of carbonyl (C=O) groups is 1. The summed E-state index contributed by atoms with van der Waals surface area (Å²) >= 11 is 0. The van der Waals surface area contributed by atoms with Crippen LogP contribution in [0.5, 0.6) is 0 Å². The second kappa shape index (κ2) is 9.14. The summed E-state index contributed by atoms with van der Waals surface area (Å²) in [6.07, 6.45) is 1.26. The molecule has 0 bridgehead atoms. The molecule has 2 atom stereocenters. The molecule has 2 heterocycles. The number of amides is 1. The minimum atomic E-state index is -0.555. The quantitative estimate of drug-likeness (QED) is 0.433. The number of nitrogens with two attached hydrogens (primary N) is 1. The molecular formula is C16H27IN4O2. The summed E-state index contributed by atoms with van der Waals surface area (Å²) in [4.78, 5) is 18.0. The van der Waals surface area contributed by atoms with Gasteiger partial charge in [0.25, 0.3) is 5.91 Å². The number of hydrogen-bond acceptors (Lipinski definition) is 3. The molecule has 3 N–H and O–H groups in total. The van der Waals surface area contributed by atoms with Gasteiger partial charge < -0.3 is 20.4 Å². The third kappa shape index (κ3) is 5.71. The molecule has 23 heavy (non-hydrogen) atoms. The lowest BCUT2D eigenvalue weighted by molar-refractivity contribution is 0.0972. The van der Waals surface area contributed by atoms with Crippen LogP contribution >= 0.6 is 24.0 Å². The van der Waals surface area contributed by atoms with Gasteiger partial charge in [0.15, 0.2) is 11.7 Å². The maximum Gasteiger partial charge on any atom is 0.284 e. The Balaban J connectivity index is 0.00000264. The third-order valence-corrected chi connectivity index (χ3v) is 3.79. The van der Waals surface area contributed by atoms with E-state index in [9.17, 15) is 4.79 Å². The number of guanidine groups is 1. The molecule has 0 spiro atoms. The normalized spacial score (nSPS) is 21.7. The largest absolute Gasteiger partial charge is 0.454 e. The SMILES string of the molecule is CCNC(=NCc1ccc(C(N)=O)o1)N1CC(C)CC(C)C1.I. The molecule has 0 aliphatic carbocycles. The fourth-order valence-electron chi connectivity index (χ4n) is 3.01. The Morgan fingerprint density at radius 2 is 2.04 bits per heavy atom. The Bertz CT molecular complexity index is 534. The molecule has 0 aromatic carbocycles. The summed E-state index contributed by atoms with van der Waals surface area (Å²) < 4.78 is 5.38. The molecule has 2 rings (SSSR count). The van der Waals surface area contributed by atoms with Crippen LogP contribution in [-0.2, 0) is 6.54 Å². The maximum atomic E-state index is 11.0. The highest BCUT2D eigenvalue weighted by Gasteiger charge is 2.24. The summed E-state index contributed by atoms with van der Waals surface area (Å²) in [5, 5.41) is 3.34. The molecular weight excluding hydrogens is 407 g/mol. The van der Waals surface area contributed by atoms with E-state index in [1.165, 1.54) is 6.42 Å². The first-order valence-corrected chi connectivity index (χ1v) is 7.91. The van der Waals surface area contributed by atoms with Crippen molar-refractivity contribution in [2.75, 3.05) is 19.6 Å². The summed E-state index contributed by atoms with van der Waals surface area (Å²) in [7, 11) is 0. The number of carbonyl (C=O) groups excluding carboxylic acids is 1. The highest BCUT2D eigenvalue weighted by molar-refractivity contribution is 14.0. The number of halogens is 1. The van der Waals surface area contributed by atoms with Gasteiger partial charge in [0.1, 0.15) is 12.3 Å². The molecule has 130 valence electrons. The summed E-state index contributed by atoms with van der Waals surface area (Å²) in [5.74, 6) is 2.49. The minimum Gasteiger partial charge on any atom is -0.454 e. The van der Waals surface area contributed by atoms with Gasteiger partial charge in [-0.2, -0.15) is 0 Å². The second-order valence-corrected chi connectivity index (χ2v) is 6.15. The van der Waals surface area contributed by atoms with E-state index in [0.29, 0.717) is 24.1 Å². The van der Waals surface area contributed by atoms with Crippen molar-refractivity contribution in [1.82, 2.24) is 10.2 Å². The van der Waals surface area contributed by atoms with Crippen molar-refractivity contribution < 1.29 is 9.21 Å². The molecule has 2 unspecified atom stereocenters. The van der Waals surface area contributed by atoms with Crippen molar-refractivity contribution in [3.63, 3.8) is 0 Å². The monoisotopic (exact) mass is 434 g/mol. The number of aliphatic imine (C=N–C) groups is 1. The van der Waals surface area contributed by atoms with Gasteiger partial charge in [-0.3, -0.25) is 4.79 Å². The van der Waals surface area contributed by atoms with E-state index in [1.807, 2.05) is 0 Å². The fourth-order valence-corrected chi connectivity index (χ4v) is 3.01. The van der Waals surface area contributed by atoms with E-state index < -0.39 is 5.91 Å². The van der Waals surface area contributed by atoms with Crippen LogP contribution in [0.1, 0.15) is 43.5 Å². The smallest absolute Gasteiger partial charge is 0.284 e. The molecule has 0 radical (unpaired) electrons. The molecule has 1 aromatic rings. The fraction of sp³-hybridized carbons (Fsp3) is 0.625. The van der Waals surface area contributed by atoms with Gasteiger partial charge in [-0.15, -0.1) is 24.0 Å². The third-order valence-electron chi connectivity index (χ3n) is 3.79. The van der Waals surface area contributed by atoms with Gasteiger partial charge in [-0.1, -0.05) is 13.8 Å². The van der Waals surface area contributed by atoms with Crippen molar-refractivity contribution in [3.8, 4) is 0 Å². The van der Waals surface area contributed by atoms with Crippen LogP contribution < -0.4 is 11.1 Å². The van der Waals surface area contributed by atoms with Crippen molar-refractivity contribution in [2.24, 2.45) is 22.6 Å². The van der Waals surface area contributed by atoms with E-state index in [0.717, 1.165) is 25.6 Å². The molecule has 1 amide bonds. The zero-order valence-electron chi connectivity index (χ0n) is 14.0. The van der Waals surface area contributed by atoms with Crippen LogP contribution in [-0.4, -0.2) is 36.4 Å². The molecule has 1 fully saturated rings. The van der Waals surface area contributed by atoms with Crippen molar-refractivity contribution in [2.45, 2.75) is 33.7 Å². The predicted octanol–water partition coefficient (Wildman–Crippen LogP) is 2.44. The van der Waals surface area contributed by atoms with Crippen molar-refractivity contribution >= 4 is 35.8 Å². The standard InChI is InChI=1S/C16H26N4O2.HI/c1-4-18-16(20-9-11(2)7-12(3)10-20)19-8-13-5-6-14(22-13)15(17)21;/h5-6,11-12H,4,7-10H2,1-3H3,(H2,17,21)(H,18,19);1H. The minimum absolute atomic E-state index is 0. The van der Waals surface area contributed by atoms with Crippen LogP contribution in [0.2, 0.25) is 0 Å². The number of nitrogens with one attached hydrogen (secondary N) is 1. The molecule has 1 aliphatic heterocycles. The molecule has 0 saturated carbocycles. The van der Waals surface area contributed by atoms with Crippen molar-refractivity contribution in [1.29, 1.82) is 0 Å². The molecule has 1 aliphatic rings. The predicted molar refractivity (Wildman–Crippen MR) is 102 cm³/mol. The maximum absolute atomic E-state index is 11.0. The Hall–Kier alpha value is -1.25. The van der Waals surface area contributed by atoms with Crippen molar-refractivity contribution in [3.05, 3.63) is 23.7 Å². The average molecular weight is 434 g/mol. The highest BCUT2D eigenvalue weighted by Crippen LogP contribution is 2.21. The van der Waals surface area contributed by atoms with Crippen LogP contribution in [0, 0.1) is 11.8 Å². The topological polar surface area (TPSA) is 83.9 Å². The Kier molecular flexibility index (Phi) is 7.87. The Labute approximate surface area is 154 Å². The lowest BCUT2D eigenvalue weighted by Crippen LogP contribution is -2.48. The van der Waals surface area contributed by atoms with E-state index >= 15 is 0 Å². The van der Waals surface area contributed by atoms with Gasteiger partial charge in [0.2, 0.25) is 0 Å². The van der Waals surface area contributed by atoms with E-state index in [2.05, 4.69) is 36.0 Å². The van der Waals surface area contributed by atoms with Gasteiger partial charge in [0, 0.05) is 19.6 Å². The molecule has 7 heteroatoms. The van der Waals surface area contributed by atoms with Gasteiger partial charge >= 0.3 is 0 Å². The summed E-state index contributed by atoms with van der Waals surface area (Å²) in [5.41, 5.74) is 5.19. The highest BCUT2D eigenvalue weighted by atomic mass is 127. The second-order valence-electron chi connectivity index (χ2n) is 6.15. The van der Waals surface area contributed by atoms with Gasteiger partial charge in [-0.05, 0) is 37.3 Å². The molecule has 1 aromatic heterocycles. The Morgan fingerprint density at radius 1 is 1.39 bits per heavy atom. The van der Waals surface area contributed by atoms with Crippen LogP contribution in [0.15, 0.2) is 21.5 Å². The van der Waals surface area contributed by atoms with E-state index in [-0.39, 0.29) is 29.7 Å². The lowest BCUT2D eigenvalue weighted by atomic mass is 9.92. The number of likely N-dealkylation sites (tertiary alicyclic amines) is 1. The summed E-state index contributed by atoms with van der Waals surface area (Å²) in [6, 6.07) is 3.33. The number of rotatable bonds is 4. The lowest BCUT2D eigenvalue weighted by Gasteiger charge is -2.37. The van der Waals surface area contributed by atoms with E-state index in [4.69, 9.17) is 10.2 Å².